The Kier molecular flexibility index (Phi) is 19.6. The summed E-state index contributed by atoms with van der Waals surface area (Å²) >= 11 is 0. The SMILES string of the molecule is CCCN.CCCNCC(OCC)OCC. The fraction of sp³-hybridized carbons (Fsp3) is 1.00. The Morgan fingerprint density at radius 1 is 1.00 bits per heavy atom. The van der Waals surface area contributed by atoms with Gasteiger partial charge in [-0.2, -0.15) is 0 Å². The van der Waals surface area contributed by atoms with Crippen LogP contribution in [0.4, 0.5) is 0 Å². The predicted molar refractivity (Wildman–Crippen MR) is 69.5 cm³/mol. The molecule has 0 unspecified atom stereocenters. The maximum atomic E-state index is 5.34. The highest BCUT2D eigenvalue weighted by Gasteiger charge is 2.05. The zero-order valence-electron chi connectivity index (χ0n) is 11.4. The second-order valence-corrected chi connectivity index (χ2v) is 3.33. The molecule has 0 aliphatic carbocycles. The minimum atomic E-state index is -0.0773. The second-order valence-electron chi connectivity index (χ2n) is 3.33. The minimum Gasteiger partial charge on any atom is -0.352 e. The first kappa shape index (κ1) is 18.2. The Bertz CT molecular complexity index is 105. The molecule has 0 aliphatic heterocycles. The van der Waals surface area contributed by atoms with E-state index in [1.54, 1.807) is 0 Å². The smallest absolute Gasteiger partial charge is 0.169 e. The van der Waals surface area contributed by atoms with Crippen molar-refractivity contribution < 1.29 is 9.47 Å². The van der Waals surface area contributed by atoms with Crippen molar-refractivity contribution in [2.75, 3.05) is 32.8 Å². The van der Waals surface area contributed by atoms with Crippen LogP contribution >= 0.6 is 0 Å². The standard InChI is InChI=1S/C9H21NO2.C3H9N/c1-4-7-10-8-9(11-5-2)12-6-3;1-2-3-4/h9-10H,4-8H2,1-3H3;2-4H2,1H3. The summed E-state index contributed by atoms with van der Waals surface area (Å²) in [6, 6.07) is 0. The van der Waals surface area contributed by atoms with Gasteiger partial charge in [0.15, 0.2) is 6.29 Å². The number of hydrogen-bond donors (Lipinski definition) is 2. The summed E-state index contributed by atoms with van der Waals surface area (Å²) in [7, 11) is 0. The van der Waals surface area contributed by atoms with Crippen LogP contribution in [0.2, 0.25) is 0 Å². The van der Waals surface area contributed by atoms with Crippen LogP contribution in [-0.2, 0) is 9.47 Å². The molecule has 3 N–H and O–H groups in total. The molecule has 0 aromatic heterocycles. The van der Waals surface area contributed by atoms with Crippen LogP contribution in [0.5, 0.6) is 0 Å². The summed E-state index contributed by atoms with van der Waals surface area (Å²) in [5.41, 5.74) is 5.03. The van der Waals surface area contributed by atoms with E-state index in [-0.39, 0.29) is 6.29 Å². The van der Waals surface area contributed by atoms with Crippen molar-refractivity contribution in [2.45, 2.75) is 46.8 Å². The van der Waals surface area contributed by atoms with E-state index in [0.29, 0.717) is 13.2 Å². The van der Waals surface area contributed by atoms with Crippen molar-refractivity contribution in [1.29, 1.82) is 0 Å². The lowest BCUT2D eigenvalue weighted by Crippen LogP contribution is -2.31. The molecule has 0 aliphatic rings. The largest absolute Gasteiger partial charge is 0.352 e. The number of nitrogens with one attached hydrogen (secondary N) is 1. The van der Waals surface area contributed by atoms with Crippen molar-refractivity contribution >= 4 is 0 Å². The molecule has 0 saturated heterocycles. The van der Waals surface area contributed by atoms with E-state index < -0.39 is 0 Å². The fourth-order valence-electron chi connectivity index (χ4n) is 0.934. The molecule has 0 heterocycles. The number of nitrogens with two attached hydrogens (primary N) is 1. The van der Waals surface area contributed by atoms with Gasteiger partial charge in [-0.25, -0.2) is 0 Å². The van der Waals surface area contributed by atoms with Crippen molar-refractivity contribution in [2.24, 2.45) is 5.73 Å². The molecule has 0 spiro atoms. The van der Waals surface area contributed by atoms with Gasteiger partial charge in [0.2, 0.25) is 0 Å². The highest BCUT2D eigenvalue weighted by atomic mass is 16.7. The predicted octanol–water partition coefficient (Wildman–Crippen LogP) is 1.74. The van der Waals surface area contributed by atoms with Crippen LogP contribution in [0, 0.1) is 0 Å². The second kappa shape index (κ2) is 17.2. The van der Waals surface area contributed by atoms with Gasteiger partial charge < -0.3 is 20.5 Å². The molecule has 0 saturated carbocycles. The maximum Gasteiger partial charge on any atom is 0.169 e. The highest BCUT2D eigenvalue weighted by Crippen LogP contribution is 1.92. The summed E-state index contributed by atoms with van der Waals surface area (Å²) in [4.78, 5) is 0. The zero-order chi connectivity index (χ0) is 12.6. The van der Waals surface area contributed by atoms with Crippen LogP contribution < -0.4 is 11.1 Å². The lowest BCUT2D eigenvalue weighted by Gasteiger charge is -2.16. The number of hydrogen-bond acceptors (Lipinski definition) is 4. The maximum absolute atomic E-state index is 5.34. The van der Waals surface area contributed by atoms with Crippen molar-refractivity contribution in [3.63, 3.8) is 0 Å². The molecule has 0 fully saturated rings. The van der Waals surface area contributed by atoms with Crippen molar-refractivity contribution in [3.05, 3.63) is 0 Å². The first-order valence-electron chi connectivity index (χ1n) is 6.40. The van der Waals surface area contributed by atoms with E-state index in [2.05, 4.69) is 19.2 Å². The van der Waals surface area contributed by atoms with Crippen molar-refractivity contribution in [3.8, 4) is 0 Å². The van der Waals surface area contributed by atoms with Gasteiger partial charge in [-0.1, -0.05) is 13.8 Å². The third-order valence-corrected chi connectivity index (χ3v) is 1.73. The van der Waals surface area contributed by atoms with E-state index in [1.807, 2.05) is 13.8 Å². The van der Waals surface area contributed by atoms with Gasteiger partial charge in [-0.3, -0.25) is 0 Å². The number of ether oxygens (including phenoxy) is 2. The van der Waals surface area contributed by atoms with Gasteiger partial charge in [-0.15, -0.1) is 0 Å². The van der Waals surface area contributed by atoms with Crippen LogP contribution in [0.3, 0.4) is 0 Å². The Morgan fingerprint density at radius 2 is 1.50 bits per heavy atom. The van der Waals surface area contributed by atoms with E-state index in [1.165, 1.54) is 0 Å². The van der Waals surface area contributed by atoms with Crippen molar-refractivity contribution in [1.82, 2.24) is 5.32 Å². The minimum absolute atomic E-state index is 0.0773. The third-order valence-electron chi connectivity index (χ3n) is 1.73. The molecule has 0 rings (SSSR count). The topological polar surface area (TPSA) is 56.5 Å². The molecule has 0 radical (unpaired) electrons. The first-order chi connectivity index (χ1) is 7.76. The summed E-state index contributed by atoms with van der Waals surface area (Å²) in [6.45, 7) is 12.2. The Morgan fingerprint density at radius 3 is 1.81 bits per heavy atom. The van der Waals surface area contributed by atoms with Crippen LogP contribution in [0.25, 0.3) is 0 Å². The molecule has 0 aromatic rings. The van der Waals surface area contributed by atoms with E-state index >= 15 is 0 Å². The Balaban J connectivity index is 0. The molecule has 0 amide bonds. The first-order valence-corrected chi connectivity index (χ1v) is 6.40. The van der Waals surface area contributed by atoms with Gasteiger partial charge in [0.1, 0.15) is 0 Å². The fourth-order valence-corrected chi connectivity index (χ4v) is 0.934. The number of rotatable bonds is 9. The van der Waals surface area contributed by atoms with Gasteiger partial charge in [0.05, 0.1) is 0 Å². The third kappa shape index (κ3) is 16.3. The summed E-state index contributed by atoms with van der Waals surface area (Å²) < 4.78 is 10.7. The summed E-state index contributed by atoms with van der Waals surface area (Å²) in [6.07, 6.45) is 2.16. The zero-order valence-corrected chi connectivity index (χ0v) is 11.4. The average molecular weight is 234 g/mol. The van der Waals surface area contributed by atoms with Crippen LogP contribution in [-0.4, -0.2) is 39.1 Å². The van der Waals surface area contributed by atoms with Gasteiger partial charge in [0, 0.05) is 19.8 Å². The molecular formula is C12H30N2O2. The van der Waals surface area contributed by atoms with E-state index in [9.17, 15) is 0 Å². The molecule has 0 bridgehead atoms. The van der Waals surface area contributed by atoms with Gasteiger partial charge in [0.25, 0.3) is 0 Å². The van der Waals surface area contributed by atoms with E-state index in [0.717, 1.165) is 32.5 Å². The quantitative estimate of drug-likeness (QED) is 0.471. The monoisotopic (exact) mass is 234 g/mol. The lowest BCUT2D eigenvalue weighted by molar-refractivity contribution is -0.132. The summed E-state index contributed by atoms with van der Waals surface area (Å²) in [5.74, 6) is 0. The van der Waals surface area contributed by atoms with Gasteiger partial charge >= 0.3 is 0 Å². The summed E-state index contributed by atoms with van der Waals surface area (Å²) in [5, 5.41) is 3.25. The molecule has 100 valence electrons. The Hall–Kier alpha value is -0.160. The molecule has 0 atom stereocenters. The van der Waals surface area contributed by atoms with Gasteiger partial charge in [-0.05, 0) is 39.8 Å². The average Bonchev–Trinajstić information content (AvgIpc) is 2.30. The van der Waals surface area contributed by atoms with E-state index in [4.69, 9.17) is 15.2 Å². The molecule has 0 aromatic carbocycles. The van der Waals surface area contributed by atoms with Crippen LogP contribution in [0.1, 0.15) is 40.5 Å². The molecular weight excluding hydrogens is 204 g/mol. The lowest BCUT2D eigenvalue weighted by atomic mass is 10.4. The molecule has 4 heteroatoms. The highest BCUT2D eigenvalue weighted by molar-refractivity contribution is 4.50. The normalized spacial score (nSPS) is 10.1. The molecule has 4 nitrogen and oxygen atoms in total. The molecule has 16 heavy (non-hydrogen) atoms. The Labute approximate surface area is 101 Å². The van der Waals surface area contributed by atoms with Crippen LogP contribution in [0.15, 0.2) is 0 Å².